The first-order chi connectivity index (χ1) is 11.7. The Labute approximate surface area is 153 Å². The van der Waals surface area contributed by atoms with Crippen molar-refractivity contribution in [2.45, 2.75) is 12.5 Å². The molecular weight excluding hydrogens is 337 g/mol. The SMILES string of the molecule is Cl.O=C(CC(Nc1ccccc1)c1ccc(F)cc1)c1ccccc1. The number of carbonyl (C=O) groups excluding carboxylic acids is 1. The minimum Gasteiger partial charge on any atom is -0.378 e. The lowest BCUT2D eigenvalue weighted by atomic mass is 9.97. The molecule has 3 rings (SSSR count). The summed E-state index contributed by atoms with van der Waals surface area (Å²) >= 11 is 0. The van der Waals surface area contributed by atoms with Crippen LogP contribution in [0.4, 0.5) is 10.1 Å². The van der Waals surface area contributed by atoms with Gasteiger partial charge in [-0.3, -0.25) is 4.79 Å². The molecule has 4 heteroatoms. The van der Waals surface area contributed by atoms with Gasteiger partial charge in [0.2, 0.25) is 0 Å². The summed E-state index contributed by atoms with van der Waals surface area (Å²) in [5.41, 5.74) is 2.48. The number of nitrogens with one attached hydrogen (secondary N) is 1. The van der Waals surface area contributed by atoms with Crippen molar-refractivity contribution in [2.24, 2.45) is 0 Å². The molecule has 0 aliphatic rings. The molecule has 0 aliphatic carbocycles. The van der Waals surface area contributed by atoms with E-state index in [0.717, 1.165) is 11.3 Å². The molecule has 0 saturated carbocycles. The highest BCUT2D eigenvalue weighted by Crippen LogP contribution is 2.24. The van der Waals surface area contributed by atoms with Crippen LogP contribution >= 0.6 is 12.4 Å². The van der Waals surface area contributed by atoms with E-state index in [2.05, 4.69) is 5.32 Å². The molecule has 128 valence electrons. The van der Waals surface area contributed by atoms with Crippen LogP contribution < -0.4 is 5.32 Å². The van der Waals surface area contributed by atoms with Crippen LogP contribution in [0.25, 0.3) is 0 Å². The summed E-state index contributed by atoms with van der Waals surface area (Å²) in [6.07, 6.45) is 0.296. The Morgan fingerprint density at radius 2 is 1.40 bits per heavy atom. The highest BCUT2D eigenvalue weighted by molar-refractivity contribution is 5.96. The predicted molar refractivity (Wildman–Crippen MR) is 102 cm³/mol. The van der Waals surface area contributed by atoms with Crippen molar-refractivity contribution in [2.75, 3.05) is 5.32 Å². The number of anilines is 1. The lowest BCUT2D eigenvalue weighted by Crippen LogP contribution is -2.15. The average Bonchev–Trinajstić information content (AvgIpc) is 2.63. The first-order valence-corrected chi connectivity index (χ1v) is 7.87. The second-order valence-corrected chi connectivity index (χ2v) is 5.61. The smallest absolute Gasteiger partial charge is 0.165 e. The highest BCUT2D eigenvalue weighted by atomic mass is 35.5. The number of benzene rings is 3. The van der Waals surface area contributed by atoms with Crippen molar-refractivity contribution in [3.05, 3.63) is 102 Å². The van der Waals surface area contributed by atoms with E-state index in [1.54, 1.807) is 12.1 Å². The van der Waals surface area contributed by atoms with Gasteiger partial charge in [0.15, 0.2) is 5.78 Å². The zero-order chi connectivity index (χ0) is 16.8. The second kappa shape index (κ2) is 9.00. The van der Waals surface area contributed by atoms with Gasteiger partial charge in [0.05, 0.1) is 6.04 Å². The fourth-order valence-electron chi connectivity index (χ4n) is 2.61. The first-order valence-electron chi connectivity index (χ1n) is 7.87. The summed E-state index contributed by atoms with van der Waals surface area (Å²) in [5.74, 6) is -0.236. The van der Waals surface area contributed by atoms with Crippen LogP contribution in [0.3, 0.4) is 0 Å². The van der Waals surface area contributed by atoms with E-state index in [0.29, 0.717) is 12.0 Å². The third kappa shape index (κ3) is 5.16. The summed E-state index contributed by atoms with van der Waals surface area (Å²) in [5, 5.41) is 3.37. The number of hydrogen-bond acceptors (Lipinski definition) is 2. The van der Waals surface area contributed by atoms with E-state index in [9.17, 15) is 9.18 Å². The topological polar surface area (TPSA) is 29.1 Å². The van der Waals surface area contributed by atoms with Gasteiger partial charge in [-0.25, -0.2) is 4.39 Å². The van der Waals surface area contributed by atoms with Gasteiger partial charge in [-0.15, -0.1) is 12.4 Å². The molecule has 0 heterocycles. The quantitative estimate of drug-likeness (QED) is 0.577. The molecule has 0 amide bonds. The number of rotatable bonds is 6. The lowest BCUT2D eigenvalue weighted by Gasteiger charge is -2.20. The van der Waals surface area contributed by atoms with Gasteiger partial charge >= 0.3 is 0 Å². The van der Waals surface area contributed by atoms with Gasteiger partial charge in [-0.05, 0) is 29.8 Å². The van der Waals surface area contributed by atoms with Crippen molar-refractivity contribution < 1.29 is 9.18 Å². The van der Waals surface area contributed by atoms with Gasteiger partial charge in [0, 0.05) is 17.7 Å². The molecule has 0 saturated heterocycles. The minimum absolute atomic E-state index is 0. The molecule has 0 radical (unpaired) electrons. The largest absolute Gasteiger partial charge is 0.378 e. The minimum atomic E-state index is -0.286. The van der Waals surface area contributed by atoms with E-state index in [-0.39, 0.29) is 30.0 Å². The standard InChI is InChI=1S/C21H18FNO.ClH/c22-18-13-11-16(12-14-18)20(23-19-9-5-2-6-10-19)15-21(24)17-7-3-1-4-8-17;/h1-14,20,23H,15H2;1H. The number of hydrogen-bond donors (Lipinski definition) is 1. The Morgan fingerprint density at radius 1 is 0.840 bits per heavy atom. The van der Waals surface area contributed by atoms with Crippen molar-refractivity contribution >= 4 is 23.9 Å². The third-order valence-corrected chi connectivity index (χ3v) is 3.87. The van der Waals surface area contributed by atoms with Crippen molar-refractivity contribution in [3.8, 4) is 0 Å². The summed E-state index contributed by atoms with van der Waals surface area (Å²) in [7, 11) is 0. The molecule has 0 aliphatic heterocycles. The number of para-hydroxylation sites is 1. The van der Waals surface area contributed by atoms with Crippen molar-refractivity contribution in [3.63, 3.8) is 0 Å². The van der Waals surface area contributed by atoms with E-state index < -0.39 is 0 Å². The number of carbonyl (C=O) groups is 1. The molecule has 25 heavy (non-hydrogen) atoms. The average molecular weight is 356 g/mol. The van der Waals surface area contributed by atoms with Crippen LogP contribution in [0, 0.1) is 5.82 Å². The van der Waals surface area contributed by atoms with Crippen LogP contribution in [-0.4, -0.2) is 5.78 Å². The zero-order valence-electron chi connectivity index (χ0n) is 13.6. The maximum absolute atomic E-state index is 13.2. The Bertz CT molecular complexity index is 791. The maximum Gasteiger partial charge on any atom is 0.165 e. The number of Topliss-reactive ketones (excluding diaryl/α,β-unsaturated/α-hetero) is 1. The number of ketones is 1. The van der Waals surface area contributed by atoms with Crippen LogP contribution in [0.2, 0.25) is 0 Å². The molecule has 3 aromatic carbocycles. The monoisotopic (exact) mass is 355 g/mol. The Balaban J connectivity index is 0.00000225. The molecule has 0 spiro atoms. The van der Waals surface area contributed by atoms with Gasteiger partial charge in [0.25, 0.3) is 0 Å². The normalized spacial score (nSPS) is 11.2. The fraction of sp³-hybridized carbons (Fsp3) is 0.0952. The van der Waals surface area contributed by atoms with Crippen molar-refractivity contribution in [1.82, 2.24) is 0 Å². The van der Waals surface area contributed by atoms with Gasteiger partial charge in [0.1, 0.15) is 5.82 Å². The molecule has 2 nitrogen and oxygen atoms in total. The first kappa shape index (κ1) is 18.7. The van der Waals surface area contributed by atoms with Gasteiger partial charge < -0.3 is 5.32 Å². The lowest BCUT2D eigenvalue weighted by molar-refractivity contribution is 0.0976. The number of halogens is 2. The highest BCUT2D eigenvalue weighted by Gasteiger charge is 2.17. The van der Waals surface area contributed by atoms with Crippen LogP contribution in [0.5, 0.6) is 0 Å². The molecule has 1 atom stereocenters. The Morgan fingerprint density at radius 3 is 2.00 bits per heavy atom. The van der Waals surface area contributed by atoms with Crippen LogP contribution in [-0.2, 0) is 0 Å². The zero-order valence-corrected chi connectivity index (χ0v) is 14.4. The maximum atomic E-state index is 13.2. The molecule has 0 fully saturated rings. The van der Waals surface area contributed by atoms with E-state index in [1.807, 2.05) is 60.7 Å². The summed E-state index contributed by atoms with van der Waals surface area (Å²) in [6.45, 7) is 0. The fourth-order valence-corrected chi connectivity index (χ4v) is 2.61. The van der Waals surface area contributed by atoms with E-state index in [1.165, 1.54) is 12.1 Å². The predicted octanol–water partition coefficient (Wildman–Crippen LogP) is 5.67. The summed E-state index contributed by atoms with van der Waals surface area (Å²) in [6, 6.07) is 25.0. The summed E-state index contributed by atoms with van der Waals surface area (Å²) in [4.78, 5) is 12.6. The molecule has 0 aromatic heterocycles. The second-order valence-electron chi connectivity index (χ2n) is 5.61. The van der Waals surface area contributed by atoms with E-state index >= 15 is 0 Å². The molecule has 0 bridgehead atoms. The third-order valence-electron chi connectivity index (χ3n) is 3.87. The molecule has 1 unspecified atom stereocenters. The molecular formula is C21H19ClFNO. The van der Waals surface area contributed by atoms with Crippen LogP contribution in [0.1, 0.15) is 28.4 Å². The van der Waals surface area contributed by atoms with Gasteiger partial charge in [-0.1, -0.05) is 60.7 Å². The Kier molecular flexibility index (Phi) is 6.72. The molecule has 1 N–H and O–H groups in total. The van der Waals surface area contributed by atoms with E-state index in [4.69, 9.17) is 0 Å². The Hall–Kier alpha value is -2.65. The summed E-state index contributed by atoms with van der Waals surface area (Å²) < 4.78 is 13.2. The van der Waals surface area contributed by atoms with Crippen LogP contribution in [0.15, 0.2) is 84.9 Å². The molecule has 3 aromatic rings. The van der Waals surface area contributed by atoms with Gasteiger partial charge in [-0.2, -0.15) is 0 Å². The van der Waals surface area contributed by atoms with Crippen molar-refractivity contribution in [1.29, 1.82) is 0 Å².